The lowest BCUT2D eigenvalue weighted by atomic mass is 10.0. The van der Waals surface area contributed by atoms with Crippen LogP contribution in [0.4, 0.5) is 0 Å². The zero-order valence-corrected chi connectivity index (χ0v) is 20.5. The van der Waals surface area contributed by atoms with Crippen molar-refractivity contribution in [3.05, 3.63) is 23.8 Å². The van der Waals surface area contributed by atoms with Gasteiger partial charge in [0.1, 0.15) is 0 Å². The second-order valence-electron chi connectivity index (χ2n) is 8.65. The molecule has 0 fully saturated rings. The van der Waals surface area contributed by atoms with Gasteiger partial charge in [-0.1, -0.05) is 96.8 Å². The molecule has 0 heterocycles. The highest BCUT2D eigenvalue weighted by atomic mass is 16.5. The van der Waals surface area contributed by atoms with Gasteiger partial charge >= 0.3 is 0 Å². The molecule has 0 aromatic heterocycles. The number of hydrogen-bond donors (Lipinski definition) is 2. The monoisotopic (exact) mass is 446 g/mol. The van der Waals surface area contributed by atoms with Crippen molar-refractivity contribution in [2.75, 3.05) is 6.61 Å². The summed E-state index contributed by atoms with van der Waals surface area (Å²) in [6.45, 7) is 4.61. The number of amides is 1. The van der Waals surface area contributed by atoms with E-state index in [1.54, 1.807) is 24.4 Å². The van der Waals surface area contributed by atoms with E-state index in [2.05, 4.69) is 17.5 Å². The Hall–Kier alpha value is -2.04. The molecular weight excluding hydrogens is 400 g/mol. The van der Waals surface area contributed by atoms with Crippen LogP contribution in [0.3, 0.4) is 0 Å². The molecule has 0 unspecified atom stereocenters. The smallest absolute Gasteiger partial charge is 0.240 e. The largest absolute Gasteiger partial charge is 0.504 e. The van der Waals surface area contributed by atoms with Gasteiger partial charge in [-0.2, -0.15) is 5.10 Å². The van der Waals surface area contributed by atoms with Crippen LogP contribution in [0.2, 0.25) is 0 Å². The third-order valence-electron chi connectivity index (χ3n) is 5.69. The standard InChI is InChI=1S/C27H46N2O3/c1-3-5-6-7-8-9-10-11-12-13-14-15-16-17-18-19-27(31)29-28-23-24-20-21-25(30)26(22-24)32-4-2/h20-23,30H,3-19H2,1-2H3,(H,29,31)/b28-23+. The summed E-state index contributed by atoms with van der Waals surface area (Å²) < 4.78 is 5.34. The molecule has 1 rings (SSSR count). The highest BCUT2D eigenvalue weighted by molar-refractivity contribution is 5.83. The molecule has 0 aliphatic carbocycles. The van der Waals surface area contributed by atoms with Crippen LogP contribution in [-0.2, 0) is 4.79 Å². The van der Waals surface area contributed by atoms with Crippen molar-refractivity contribution < 1.29 is 14.6 Å². The Morgan fingerprint density at radius 2 is 1.41 bits per heavy atom. The number of phenols is 1. The lowest BCUT2D eigenvalue weighted by Gasteiger charge is -2.06. The van der Waals surface area contributed by atoms with Crippen LogP contribution in [0, 0.1) is 0 Å². The molecule has 1 aromatic rings. The van der Waals surface area contributed by atoms with E-state index in [-0.39, 0.29) is 11.7 Å². The number of unbranched alkanes of at least 4 members (excludes halogenated alkanes) is 14. The fourth-order valence-electron chi connectivity index (χ4n) is 3.77. The maximum Gasteiger partial charge on any atom is 0.240 e. The number of hydrogen-bond acceptors (Lipinski definition) is 4. The summed E-state index contributed by atoms with van der Waals surface area (Å²) in [6.07, 6.45) is 21.8. The second-order valence-corrected chi connectivity index (χ2v) is 8.65. The number of carbonyl (C=O) groups excluding carboxylic acids is 1. The molecule has 32 heavy (non-hydrogen) atoms. The quantitative estimate of drug-likeness (QED) is 0.124. The number of ether oxygens (including phenoxy) is 1. The number of benzene rings is 1. The van der Waals surface area contributed by atoms with Crippen molar-refractivity contribution in [2.24, 2.45) is 5.10 Å². The average molecular weight is 447 g/mol. The molecule has 5 heteroatoms. The van der Waals surface area contributed by atoms with E-state index < -0.39 is 0 Å². The van der Waals surface area contributed by atoms with Crippen LogP contribution in [0.25, 0.3) is 0 Å². The Morgan fingerprint density at radius 1 is 0.875 bits per heavy atom. The van der Waals surface area contributed by atoms with Crippen LogP contribution in [0.1, 0.15) is 122 Å². The number of carbonyl (C=O) groups is 1. The molecule has 1 amide bonds. The summed E-state index contributed by atoms with van der Waals surface area (Å²) in [5.41, 5.74) is 3.34. The first kappa shape index (κ1) is 28.0. The summed E-state index contributed by atoms with van der Waals surface area (Å²) >= 11 is 0. The lowest BCUT2D eigenvalue weighted by Crippen LogP contribution is -2.16. The predicted octanol–water partition coefficient (Wildman–Crippen LogP) is 7.50. The Bertz CT molecular complexity index is 631. The minimum Gasteiger partial charge on any atom is -0.504 e. The normalized spacial score (nSPS) is 11.2. The van der Waals surface area contributed by atoms with E-state index in [9.17, 15) is 9.90 Å². The van der Waals surface area contributed by atoms with E-state index in [1.807, 2.05) is 6.92 Å². The van der Waals surface area contributed by atoms with E-state index in [4.69, 9.17) is 4.74 Å². The molecule has 0 aliphatic heterocycles. The molecule has 0 spiro atoms. The molecule has 0 bridgehead atoms. The number of nitrogens with one attached hydrogen (secondary N) is 1. The van der Waals surface area contributed by atoms with Crippen molar-refractivity contribution in [3.63, 3.8) is 0 Å². The highest BCUT2D eigenvalue weighted by Gasteiger charge is 2.03. The Kier molecular flexibility index (Phi) is 17.2. The van der Waals surface area contributed by atoms with E-state index in [0.29, 0.717) is 18.8 Å². The molecule has 0 aliphatic rings. The highest BCUT2D eigenvalue weighted by Crippen LogP contribution is 2.26. The number of rotatable bonds is 20. The maximum atomic E-state index is 11.9. The van der Waals surface area contributed by atoms with Crippen molar-refractivity contribution >= 4 is 12.1 Å². The van der Waals surface area contributed by atoms with Crippen molar-refractivity contribution in [2.45, 2.75) is 117 Å². The molecule has 0 saturated heterocycles. The van der Waals surface area contributed by atoms with Gasteiger partial charge in [0.05, 0.1) is 12.8 Å². The van der Waals surface area contributed by atoms with Crippen LogP contribution < -0.4 is 10.2 Å². The summed E-state index contributed by atoms with van der Waals surface area (Å²) in [5.74, 6) is 0.460. The molecule has 1 aromatic carbocycles. The minimum atomic E-state index is -0.0558. The van der Waals surface area contributed by atoms with Gasteiger partial charge in [-0.15, -0.1) is 0 Å². The van der Waals surface area contributed by atoms with Gasteiger partial charge in [-0.25, -0.2) is 5.43 Å². The first-order valence-corrected chi connectivity index (χ1v) is 12.9. The van der Waals surface area contributed by atoms with Crippen LogP contribution >= 0.6 is 0 Å². The molecule has 182 valence electrons. The maximum absolute atomic E-state index is 11.9. The van der Waals surface area contributed by atoms with Gasteiger partial charge in [0.25, 0.3) is 0 Å². The van der Waals surface area contributed by atoms with Crippen molar-refractivity contribution in [1.29, 1.82) is 0 Å². The summed E-state index contributed by atoms with van der Waals surface area (Å²) in [6, 6.07) is 4.98. The minimum absolute atomic E-state index is 0.0558. The predicted molar refractivity (Wildman–Crippen MR) is 135 cm³/mol. The van der Waals surface area contributed by atoms with Gasteiger partial charge in [0.2, 0.25) is 5.91 Å². The molecule has 0 atom stereocenters. The van der Waals surface area contributed by atoms with Crippen LogP contribution in [0.15, 0.2) is 23.3 Å². The fourth-order valence-corrected chi connectivity index (χ4v) is 3.77. The number of hydrazone groups is 1. The molecular formula is C27H46N2O3. The SMILES string of the molecule is CCCCCCCCCCCCCCCCCC(=O)N/N=C/c1ccc(O)c(OCC)c1. The van der Waals surface area contributed by atoms with Gasteiger partial charge in [-0.3, -0.25) is 4.79 Å². The third kappa shape index (κ3) is 14.9. The summed E-state index contributed by atoms with van der Waals surface area (Å²) in [5, 5.41) is 13.7. The van der Waals surface area contributed by atoms with E-state index in [0.717, 1.165) is 18.4 Å². The molecule has 0 radical (unpaired) electrons. The molecule has 2 N–H and O–H groups in total. The topological polar surface area (TPSA) is 70.9 Å². The average Bonchev–Trinajstić information content (AvgIpc) is 2.78. The number of phenolic OH excluding ortho intramolecular Hbond substituents is 1. The van der Waals surface area contributed by atoms with Crippen LogP contribution in [0.5, 0.6) is 11.5 Å². The summed E-state index contributed by atoms with van der Waals surface area (Å²) in [7, 11) is 0. The van der Waals surface area contributed by atoms with Gasteiger partial charge < -0.3 is 9.84 Å². The number of aromatic hydroxyl groups is 1. The Balaban J connectivity index is 1.94. The zero-order valence-electron chi connectivity index (χ0n) is 20.5. The Morgan fingerprint density at radius 3 is 1.94 bits per heavy atom. The van der Waals surface area contributed by atoms with Gasteiger partial charge in [0, 0.05) is 6.42 Å². The zero-order chi connectivity index (χ0) is 23.3. The first-order valence-electron chi connectivity index (χ1n) is 12.9. The molecule has 0 saturated carbocycles. The second kappa shape index (κ2) is 19.6. The molecule has 5 nitrogen and oxygen atoms in total. The fraction of sp³-hybridized carbons (Fsp3) is 0.704. The van der Waals surface area contributed by atoms with E-state index >= 15 is 0 Å². The van der Waals surface area contributed by atoms with Crippen molar-refractivity contribution in [1.82, 2.24) is 5.43 Å². The van der Waals surface area contributed by atoms with Crippen LogP contribution in [-0.4, -0.2) is 23.8 Å². The summed E-state index contributed by atoms with van der Waals surface area (Å²) in [4.78, 5) is 11.9. The van der Waals surface area contributed by atoms with E-state index in [1.165, 1.54) is 83.5 Å². The number of nitrogens with zero attached hydrogens (tertiary/aromatic N) is 1. The van der Waals surface area contributed by atoms with Crippen molar-refractivity contribution in [3.8, 4) is 11.5 Å². The Labute approximate surface area is 196 Å². The first-order chi connectivity index (χ1) is 15.7. The van der Waals surface area contributed by atoms with Gasteiger partial charge in [0.15, 0.2) is 11.5 Å². The van der Waals surface area contributed by atoms with Gasteiger partial charge in [-0.05, 0) is 37.1 Å². The third-order valence-corrected chi connectivity index (χ3v) is 5.69. The lowest BCUT2D eigenvalue weighted by molar-refractivity contribution is -0.121.